The molecule has 0 aliphatic carbocycles. The van der Waals surface area contributed by atoms with Crippen molar-refractivity contribution in [3.8, 4) is 0 Å². The third kappa shape index (κ3) is 3.78. The van der Waals surface area contributed by atoms with E-state index in [4.69, 9.17) is 5.73 Å². The van der Waals surface area contributed by atoms with Gasteiger partial charge < -0.3 is 10.6 Å². The van der Waals surface area contributed by atoms with Gasteiger partial charge in [-0.1, -0.05) is 32.6 Å². The zero-order valence-corrected chi connectivity index (χ0v) is 10.7. The van der Waals surface area contributed by atoms with Crippen LogP contribution in [-0.4, -0.2) is 29.4 Å². The molecule has 16 heavy (non-hydrogen) atoms. The highest BCUT2D eigenvalue weighted by Crippen LogP contribution is 2.17. The molecule has 0 spiro atoms. The van der Waals surface area contributed by atoms with E-state index in [1.807, 2.05) is 4.90 Å². The summed E-state index contributed by atoms with van der Waals surface area (Å²) in [4.78, 5) is 14.2. The van der Waals surface area contributed by atoms with E-state index in [9.17, 15) is 4.79 Å². The number of rotatable bonds is 4. The highest BCUT2D eigenvalue weighted by atomic mass is 16.2. The largest absolute Gasteiger partial charge is 0.339 e. The summed E-state index contributed by atoms with van der Waals surface area (Å²) in [6.45, 7) is 5.18. The Labute approximate surface area is 99.4 Å². The molecule has 3 heteroatoms. The molecule has 3 nitrogen and oxygen atoms in total. The summed E-state index contributed by atoms with van der Waals surface area (Å²) in [5.74, 6) is 0.169. The summed E-state index contributed by atoms with van der Waals surface area (Å²) in [6, 6.07) is 0.100. The minimum atomic E-state index is -0.277. The van der Waals surface area contributed by atoms with Crippen LogP contribution in [0.3, 0.4) is 0 Å². The zero-order chi connectivity index (χ0) is 12.0. The number of nitrogens with two attached hydrogens (primary N) is 1. The molecule has 1 aliphatic rings. The molecule has 1 aliphatic heterocycles. The van der Waals surface area contributed by atoms with Crippen molar-refractivity contribution in [2.45, 2.75) is 70.9 Å². The topological polar surface area (TPSA) is 46.3 Å². The Morgan fingerprint density at radius 2 is 2.19 bits per heavy atom. The maximum Gasteiger partial charge on any atom is 0.239 e. The van der Waals surface area contributed by atoms with E-state index in [1.54, 1.807) is 0 Å². The van der Waals surface area contributed by atoms with Crippen LogP contribution in [0.1, 0.15) is 58.8 Å². The van der Waals surface area contributed by atoms with Crippen LogP contribution in [0, 0.1) is 0 Å². The molecule has 0 radical (unpaired) electrons. The van der Waals surface area contributed by atoms with Gasteiger partial charge in [0, 0.05) is 12.6 Å². The van der Waals surface area contributed by atoms with E-state index in [0.717, 1.165) is 38.6 Å². The smallest absolute Gasteiger partial charge is 0.239 e. The zero-order valence-electron chi connectivity index (χ0n) is 10.7. The van der Waals surface area contributed by atoms with E-state index >= 15 is 0 Å². The number of nitrogens with zero attached hydrogens (tertiary/aromatic N) is 1. The molecule has 1 fully saturated rings. The van der Waals surface area contributed by atoms with Gasteiger partial charge in [-0.3, -0.25) is 4.79 Å². The van der Waals surface area contributed by atoms with Crippen molar-refractivity contribution >= 4 is 5.91 Å². The van der Waals surface area contributed by atoms with E-state index in [-0.39, 0.29) is 11.9 Å². The molecule has 1 unspecified atom stereocenters. The molecule has 94 valence electrons. The van der Waals surface area contributed by atoms with Crippen LogP contribution in [0.5, 0.6) is 0 Å². The SMILES string of the molecule is CCCC[C@H](N)C(=O)N1CCCCCC1C. The van der Waals surface area contributed by atoms with Crippen LogP contribution in [0.4, 0.5) is 0 Å². The molecule has 0 bridgehead atoms. The fraction of sp³-hybridized carbons (Fsp3) is 0.923. The lowest BCUT2D eigenvalue weighted by Crippen LogP contribution is -2.47. The lowest BCUT2D eigenvalue weighted by Gasteiger charge is -2.29. The summed E-state index contributed by atoms with van der Waals surface area (Å²) < 4.78 is 0. The number of unbranched alkanes of at least 4 members (excludes halogenated alkanes) is 1. The molecular weight excluding hydrogens is 200 g/mol. The van der Waals surface area contributed by atoms with E-state index < -0.39 is 0 Å². The molecule has 0 aromatic carbocycles. The summed E-state index contributed by atoms with van der Waals surface area (Å²) >= 11 is 0. The van der Waals surface area contributed by atoms with Gasteiger partial charge in [-0.05, 0) is 26.2 Å². The molecule has 1 heterocycles. The van der Waals surface area contributed by atoms with Crippen LogP contribution in [0.15, 0.2) is 0 Å². The van der Waals surface area contributed by atoms with Gasteiger partial charge in [-0.15, -0.1) is 0 Å². The summed E-state index contributed by atoms with van der Waals surface area (Å²) in [5.41, 5.74) is 5.96. The third-order valence-electron chi connectivity index (χ3n) is 3.52. The van der Waals surface area contributed by atoms with Crippen molar-refractivity contribution < 1.29 is 4.79 Å². The second kappa shape index (κ2) is 6.89. The Bertz CT molecular complexity index is 218. The molecule has 2 atom stereocenters. The number of hydrogen-bond donors (Lipinski definition) is 1. The van der Waals surface area contributed by atoms with Gasteiger partial charge in [-0.25, -0.2) is 0 Å². The van der Waals surface area contributed by atoms with Gasteiger partial charge in [0.15, 0.2) is 0 Å². The van der Waals surface area contributed by atoms with Crippen molar-refractivity contribution in [1.82, 2.24) is 4.90 Å². The molecule has 0 aromatic rings. The Hall–Kier alpha value is -0.570. The summed E-state index contributed by atoms with van der Waals surface area (Å²) in [6.07, 6.45) is 7.75. The highest BCUT2D eigenvalue weighted by molar-refractivity contribution is 5.81. The number of carbonyl (C=O) groups is 1. The molecule has 0 aromatic heterocycles. The number of carbonyl (C=O) groups excluding carboxylic acids is 1. The summed E-state index contributed by atoms with van der Waals surface area (Å²) in [7, 11) is 0. The van der Waals surface area contributed by atoms with Gasteiger partial charge in [0.05, 0.1) is 6.04 Å². The maximum atomic E-state index is 12.2. The van der Waals surface area contributed by atoms with Gasteiger partial charge in [0.25, 0.3) is 0 Å². The average molecular weight is 226 g/mol. The van der Waals surface area contributed by atoms with Gasteiger partial charge in [0.2, 0.25) is 5.91 Å². The van der Waals surface area contributed by atoms with Crippen LogP contribution in [0.2, 0.25) is 0 Å². The van der Waals surface area contributed by atoms with E-state index in [1.165, 1.54) is 12.8 Å². The summed E-state index contributed by atoms with van der Waals surface area (Å²) in [5, 5.41) is 0. The minimum Gasteiger partial charge on any atom is -0.339 e. The monoisotopic (exact) mass is 226 g/mol. The first kappa shape index (κ1) is 13.5. The molecule has 1 rings (SSSR count). The van der Waals surface area contributed by atoms with Crippen molar-refractivity contribution in [1.29, 1.82) is 0 Å². The quantitative estimate of drug-likeness (QED) is 0.799. The lowest BCUT2D eigenvalue weighted by molar-refractivity contribution is -0.134. The van der Waals surface area contributed by atoms with Crippen molar-refractivity contribution in [3.05, 3.63) is 0 Å². The molecule has 0 saturated carbocycles. The molecule has 1 saturated heterocycles. The molecular formula is C13H26N2O. The third-order valence-corrected chi connectivity index (χ3v) is 3.52. The second-order valence-electron chi connectivity index (χ2n) is 4.98. The normalized spacial score (nSPS) is 23.9. The standard InChI is InChI=1S/C13H26N2O/c1-3-4-9-12(14)13(16)15-10-7-5-6-8-11(15)2/h11-12H,3-10,14H2,1-2H3/t11?,12-/m0/s1. The minimum absolute atomic E-state index is 0.169. The predicted molar refractivity (Wildman–Crippen MR) is 67.1 cm³/mol. The van der Waals surface area contributed by atoms with Crippen LogP contribution in [-0.2, 0) is 4.79 Å². The predicted octanol–water partition coefficient (Wildman–Crippen LogP) is 2.29. The highest BCUT2D eigenvalue weighted by Gasteiger charge is 2.25. The Morgan fingerprint density at radius 1 is 1.44 bits per heavy atom. The fourth-order valence-electron chi connectivity index (χ4n) is 2.36. The number of amides is 1. The van der Waals surface area contributed by atoms with Crippen LogP contribution in [0.25, 0.3) is 0 Å². The van der Waals surface area contributed by atoms with E-state index in [0.29, 0.717) is 6.04 Å². The Morgan fingerprint density at radius 3 is 2.88 bits per heavy atom. The Kier molecular flexibility index (Phi) is 5.81. The van der Waals surface area contributed by atoms with Gasteiger partial charge in [-0.2, -0.15) is 0 Å². The lowest BCUT2D eigenvalue weighted by atomic mass is 10.1. The maximum absolute atomic E-state index is 12.2. The van der Waals surface area contributed by atoms with Crippen molar-refractivity contribution in [3.63, 3.8) is 0 Å². The Balaban J connectivity index is 2.49. The number of hydrogen-bond acceptors (Lipinski definition) is 2. The molecule has 2 N–H and O–H groups in total. The van der Waals surface area contributed by atoms with Gasteiger partial charge >= 0.3 is 0 Å². The van der Waals surface area contributed by atoms with Crippen molar-refractivity contribution in [2.24, 2.45) is 5.73 Å². The molecule has 1 amide bonds. The van der Waals surface area contributed by atoms with Crippen LogP contribution >= 0.6 is 0 Å². The van der Waals surface area contributed by atoms with Crippen LogP contribution < -0.4 is 5.73 Å². The van der Waals surface area contributed by atoms with E-state index in [2.05, 4.69) is 13.8 Å². The van der Waals surface area contributed by atoms with Crippen molar-refractivity contribution in [2.75, 3.05) is 6.54 Å². The van der Waals surface area contributed by atoms with Gasteiger partial charge in [0.1, 0.15) is 0 Å². The first-order chi connectivity index (χ1) is 7.66. The first-order valence-electron chi connectivity index (χ1n) is 6.73. The number of likely N-dealkylation sites (tertiary alicyclic amines) is 1. The fourth-order valence-corrected chi connectivity index (χ4v) is 2.36. The average Bonchev–Trinajstić information content (AvgIpc) is 2.49. The first-order valence-corrected chi connectivity index (χ1v) is 6.73. The second-order valence-corrected chi connectivity index (χ2v) is 4.98.